The van der Waals surface area contributed by atoms with Crippen molar-refractivity contribution < 1.29 is 9.21 Å². The summed E-state index contributed by atoms with van der Waals surface area (Å²) >= 11 is 0. The number of benzene rings is 1. The predicted octanol–water partition coefficient (Wildman–Crippen LogP) is 1.95. The van der Waals surface area contributed by atoms with Crippen LogP contribution in [0.2, 0.25) is 0 Å². The number of rotatable bonds is 4. The molecule has 1 aliphatic heterocycles. The zero-order valence-electron chi connectivity index (χ0n) is 14.4. The van der Waals surface area contributed by atoms with Crippen molar-refractivity contribution in [1.82, 2.24) is 21.2 Å². The van der Waals surface area contributed by atoms with Crippen molar-refractivity contribution in [2.45, 2.75) is 44.7 Å². The van der Waals surface area contributed by atoms with Crippen molar-refractivity contribution in [2.24, 2.45) is 5.92 Å². The van der Waals surface area contributed by atoms with Crippen LogP contribution in [0.15, 0.2) is 34.7 Å². The van der Waals surface area contributed by atoms with E-state index in [0.717, 1.165) is 31.4 Å². The van der Waals surface area contributed by atoms with Crippen LogP contribution in [-0.4, -0.2) is 29.5 Å². The molecule has 6 nitrogen and oxygen atoms in total. The normalized spacial score (nSPS) is 25.6. The van der Waals surface area contributed by atoms with Gasteiger partial charge in [-0.1, -0.05) is 18.2 Å². The number of carbonyl (C=O) groups excluding carboxylic acids is 1. The van der Waals surface area contributed by atoms with Crippen LogP contribution in [0.1, 0.15) is 30.7 Å². The van der Waals surface area contributed by atoms with E-state index < -0.39 is 0 Å². The van der Waals surface area contributed by atoms with Crippen molar-refractivity contribution in [1.29, 1.82) is 0 Å². The average molecular weight is 340 g/mol. The van der Waals surface area contributed by atoms with E-state index in [-0.39, 0.29) is 18.4 Å². The second-order valence-electron chi connectivity index (χ2n) is 7.03. The van der Waals surface area contributed by atoms with Gasteiger partial charge in [-0.25, -0.2) is 4.98 Å². The number of fused-ring (bicyclic) bond motifs is 1. The Morgan fingerprint density at radius 3 is 3.00 bits per heavy atom. The topological polar surface area (TPSA) is 79.2 Å². The monoisotopic (exact) mass is 340 g/mol. The molecule has 1 aromatic carbocycles. The largest absolute Gasteiger partial charge is 0.441 e. The lowest BCUT2D eigenvalue weighted by atomic mass is 9.83. The fourth-order valence-corrected chi connectivity index (χ4v) is 3.86. The number of nitrogens with zero attached hydrogens (tertiary/aromatic N) is 1. The molecule has 0 spiro atoms. The molecular weight excluding hydrogens is 316 g/mol. The highest BCUT2D eigenvalue weighted by molar-refractivity contribution is 5.78. The highest BCUT2D eigenvalue weighted by Crippen LogP contribution is 2.27. The Morgan fingerprint density at radius 1 is 1.32 bits per heavy atom. The minimum atomic E-state index is 0.0263. The molecule has 1 amide bonds. The Morgan fingerprint density at radius 2 is 2.16 bits per heavy atom. The molecule has 25 heavy (non-hydrogen) atoms. The van der Waals surface area contributed by atoms with E-state index in [1.165, 1.54) is 0 Å². The van der Waals surface area contributed by atoms with Gasteiger partial charge in [-0.05, 0) is 44.2 Å². The Labute approximate surface area is 147 Å². The molecule has 1 aliphatic carbocycles. The fourth-order valence-electron chi connectivity index (χ4n) is 3.86. The van der Waals surface area contributed by atoms with Gasteiger partial charge < -0.3 is 9.73 Å². The summed E-state index contributed by atoms with van der Waals surface area (Å²) in [6.07, 6.45) is 3.42. The first-order valence-electron chi connectivity index (χ1n) is 8.98. The molecule has 2 aromatic rings. The van der Waals surface area contributed by atoms with Crippen LogP contribution < -0.4 is 16.2 Å². The van der Waals surface area contributed by atoms with Crippen molar-refractivity contribution in [2.75, 3.05) is 6.54 Å². The molecule has 0 radical (unpaired) electrons. The van der Waals surface area contributed by atoms with Crippen molar-refractivity contribution in [3.05, 3.63) is 41.8 Å². The Bertz CT molecular complexity index is 743. The summed E-state index contributed by atoms with van der Waals surface area (Å²) in [5.41, 5.74) is 8.18. The van der Waals surface area contributed by atoms with Gasteiger partial charge in [0.1, 0.15) is 5.76 Å². The van der Waals surface area contributed by atoms with Crippen LogP contribution >= 0.6 is 0 Å². The van der Waals surface area contributed by atoms with Gasteiger partial charge in [-0.2, -0.15) is 0 Å². The third-order valence-corrected chi connectivity index (χ3v) is 5.24. The van der Waals surface area contributed by atoms with Gasteiger partial charge in [-0.15, -0.1) is 0 Å². The predicted molar refractivity (Wildman–Crippen MR) is 94.6 cm³/mol. The number of aryl methyl sites for hydroxylation is 1. The summed E-state index contributed by atoms with van der Waals surface area (Å²) in [7, 11) is 0. The maximum Gasteiger partial charge on any atom is 0.226 e. The van der Waals surface area contributed by atoms with E-state index in [1.54, 1.807) is 0 Å². The van der Waals surface area contributed by atoms with Gasteiger partial charge in [0, 0.05) is 24.2 Å². The van der Waals surface area contributed by atoms with E-state index in [2.05, 4.69) is 21.2 Å². The fraction of sp³-hybridized carbons (Fsp3) is 0.474. The van der Waals surface area contributed by atoms with E-state index in [4.69, 9.17) is 4.42 Å². The number of amides is 1. The van der Waals surface area contributed by atoms with Gasteiger partial charge in [-0.3, -0.25) is 15.6 Å². The van der Waals surface area contributed by atoms with Crippen LogP contribution in [0.3, 0.4) is 0 Å². The first-order chi connectivity index (χ1) is 12.2. The molecule has 2 heterocycles. The van der Waals surface area contributed by atoms with Crippen LogP contribution in [-0.2, 0) is 11.2 Å². The van der Waals surface area contributed by atoms with E-state index in [9.17, 15) is 4.79 Å². The van der Waals surface area contributed by atoms with E-state index in [1.807, 2.05) is 37.3 Å². The second-order valence-corrected chi connectivity index (χ2v) is 7.03. The highest BCUT2D eigenvalue weighted by Gasteiger charge is 2.34. The third-order valence-electron chi connectivity index (χ3n) is 5.24. The lowest BCUT2D eigenvalue weighted by molar-refractivity contribution is -0.121. The SMILES string of the molecule is Cc1oc(-c2ccccc2)nc1CC(=O)NC1CCC2NNCC2C1. The number of aromatic nitrogens is 1. The number of oxazole rings is 1. The maximum atomic E-state index is 12.4. The van der Waals surface area contributed by atoms with Gasteiger partial charge in [0.15, 0.2) is 0 Å². The smallest absolute Gasteiger partial charge is 0.226 e. The van der Waals surface area contributed by atoms with E-state index in [0.29, 0.717) is 29.3 Å². The van der Waals surface area contributed by atoms with Crippen molar-refractivity contribution in [3.63, 3.8) is 0 Å². The molecule has 1 aromatic heterocycles. The van der Waals surface area contributed by atoms with Crippen molar-refractivity contribution >= 4 is 5.91 Å². The number of carbonyl (C=O) groups is 1. The summed E-state index contributed by atoms with van der Waals surface area (Å²) in [4.78, 5) is 17.0. The van der Waals surface area contributed by atoms with Gasteiger partial charge >= 0.3 is 0 Å². The zero-order valence-corrected chi connectivity index (χ0v) is 14.4. The van der Waals surface area contributed by atoms with E-state index >= 15 is 0 Å². The van der Waals surface area contributed by atoms with Crippen LogP contribution in [0.25, 0.3) is 11.5 Å². The maximum absolute atomic E-state index is 12.4. The van der Waals surface area contributed by atoms with Crippen LogP contribution in [0.5, 0.6) is 0 Å². The molecule has 1 saturated carbocycles. The third kappa shape index (κ3) is 3.60. The first-order valence-corrected chi connectivity index (χ1v) is 8.98. The standard InChI is InChI=1S/C19H24N4O2/c1-12-17(22-19(25-12)13-5-3-2-4-6-13)10-18(24)21-15-7-8-16-14(9-15)11-20-23-16/h2-6,14-16,20,23H,7-11H2,1H3,(H,21,24). The van der Waals surface area contributed by atoms with Gasteiger partial charge in [0.05, 0.1) is 12.1 Å². The number of hydrogen-bond donors (Lipinski definition) is 3. The van der Waals surface area contributed by atoms with Crippen LogP contribution in [0, 0.1) is 12.8 Å². The molecule has 132 valence electrons. The number of hydrazine groups is 1. The summed E-state index contributed by atoms with van der Waals surface area (Å²) in [5, 5.41) is 3.18. The van der Waals surface area contributed by atoms with Gasteiger partial charge in [0.2, 0.25) is 11.8 Å². The summed E-state index contributed by atoms with van der Waals surface area (Å²) in [5.74, 6) is 1.92. The lowest BCUT2D eigenvalue weighted by Crippen LogP contribution is -2.44. The summed E-state index contributed by atoms with van der Waals surface area (Å²) < 4.78 is 5.74. The number of hydrogen-bond acceptors (Lipinski definition) is 5. The quantitative estimate of drug-likeness (QED) is 0.793. The Hall–Kier alpha value is -2.18. The molecule has 2 fully saturated rings. The van der Waals surface area contributed by atoms with Crippen LogP contribution in [0.4, 0.5) is 0 Å². The summed E-state index contributed by atoms with van der Waals surface area (Å²) in [6.45, 7) is 2.85. The minimum absolute atomic E-state index is 0.0263. The molecule has 2 aliphatic rings. The number of nitrogens with one attached hydrogen (secondary N) is 3. The summed E-state index contributed by atoms with van der Waals surface area (Å²) in [6, 6.07) is 10.6. The molecule has 1 saturated heterocycles. The van der Waals surface area contributed by atoms with Crippen molar-refractivity contribution in [3.8, 4) is 11.5 Å². The lowest BCUT2D eigenvalue weighted by Gasteiger charge is -2.31. The Balaban J connectivity index is 1.37. The second kappa shape index (κ2) is 6.98. The molecule has 3 atom stereocenters. The molecule has 3 N–H and O–H groups in total. The molecule has 3 unspecified atom stereocenters. The molecule has 0 bridgehead atoms. The molecular formula is C19H24N4O2. The molecule has 4 rings (SSSR count). The van der Waals surface area contributed by atoms with Gasteiger partial charge in [0.25, 0.3) is 0 Å². The zero-order chi connectivity index (χ0) is 17.2. The minimum Gasteiger partial charge on any atom is -0.441 e. The Kier molecular flexibility index (Phi) is 4.55. The molecule has 6 heteroatoms. The highest BCUT2D eigenvalue weighted by atomic mass is 16.4. The first kappa shape index (κ1) is 16.3. The average Bonchev–Trinajstić information content (AvgIpc) is 3.22.